The van der Waals surface area contributed by atoms with E-state index in [1.807, 2.05) is 6.92 Å². The number of hydrogen-bond acceptors (Lipinski definition) is 2. The molecule has 1 heterocycles. The van der Waals surface area contributed by atoms with E-state index in [0.717, 1.165) is 19.6 Å². The highest BCUT2D eigenvalue weighted by Crippen LogP contribution is 2.20. The maximum Gasteiger partial charge on any atom is 0.160 e. The number of hydrogen-bond donors (Lipinski definition) is 0. The number of ether oxygens (including phenoxy) is 2. The van der Waals surface area contributed by atoms with Crippen molar-refractivity contribution >= 4 is 0 Å². The van der Waals surface area contributed by atoms with Gasteiger partial charge in [-0.2, -0.15) is 0 Å². The Morgan fingerprint density at radius 1 is 1.67 bits per heavy atom. The highest BCUT2D eigenvalue weighted by atomic mass is 16.7. The molecular weight excluding hydrogens is 116 g/mol. The Kier molecular flexibility index (Phi) is 2.49. The summed E-state index contributed by atoms with van der Waals surface area (Å²) in [6, 6.07) is 0. The minimum Gasteiger partial charge on any atom is -0.353 e. The van der Waals surface area contributed by atoms with Crippen LogP contribution in [0.3, 0.4) is 0 Å². The molecule has 0 radical (unpaired) electrons. The lowest BCUT2D eigenvalue weighted by Crippen LogP contribution is -2.17. The first kappa shape index (κ1) is 7.03. The quantitative estimate of drug-likeness (QED) is 0.562. The van der Waals surface area contributed by atoms with Crippen LogP contribution < -0.4 is 0 Å². The van der Waals surface area contributed by atoms with Gasteiger partial charge in [-0.3, -0.25) is 0 Å². The molecule has 2 heteroatoms. The molecule has 1 rings (SSSR count). The monoisotopic (exact) mass is 130 g/mol. The largest absolute Gasteiger partial charge is 0.353 e. The maximum absolute atomic E-state index is 5.29. The Hall–Kier alpha value is -0.0800. The van der Waals surface area contributed by atoms with Gasteiger partial charge in [0.2, 0.25) is 0 Å². The van der Waals surface area contributed by atoms with Crippen LogP contribution >= 0.6 is 0 Å². The Balaban J connectivity index is 2.22. The van der Waals surface area contributed by atoms with Gasteiger partial charge in [0.15, 0.2) is 6.29 Å². The van der Waals surface area contributed by atoms with Gasteiger partial charge in [0.05, 0.1) is 6.61 Å². The van der Waals surface area contributed by atoms with Crippen LogP contribution in [-0.2, 0) is 9.47 Å². The van der Waals surface area contributed by atoms with Crippen molar-refractivity contribution in [3.63, 3.8) is 0 Å². The van der Waals surface area contributed by atoms with E-state index in [-0.39, 0.29) is 6.29 Å². The molecule has 0 N–H and O–H groups in total. The Labute approximate surface area is 56.2 Å². The van der Waals surface area contributed by atoms with Crippen molar-refractivity contribution in [2.45, 2.75) is 26.6 Å². The van der Waals surface area contributed by atoms with E-state index in [2.05, 4.69) is 6.92 Å². The molecule has 1 aliphatic heterocycles. The molecule has 1 saturated heterocycles. The molecule has 54 valence electrons. The van der Waals surface area contributed by atoms with Crippen LogP contribution in [0.25, 0.3) is 0 Å². The summed E-state index contributed by atoms with van der Waals surface area (Å²) in [4.78, 5) is 0. The molecule has 0 aromatic rings. The van der Waals surface area contributed by atoms with Crippen molar-refractivity contribution < 1.29 is 9.47 Å². The molecule has 0 aliphatic carbocycles. The van der Waals surface area contributed by atoms with Gasteiger partial charge in [-0.05, 0) is 13.3 Å². The van der Waals surface area contributed by atoms with Crippen LogP contribution in [0.1, 0.15) is 20.3 Å². The molecule has 0 amide bonds. The van der Waals surface area contributed by atoms with Crippen LogP contribution in [0.4, 0.5) is 0 Å². The zero-order chi connectivity index (χ0) is 6.69. The molecule has 0 aromatic heterocycles. The van der Waals surface area contributed by atoms with Crippen molar-refractivity contribution in [1.82, 2.24) is 0 Å². The van der Waals surface area contributed by atoms with E-state index >= 15 is 0 Å². The van der Waals surface area contributed by atoms with E-state index in [1.165, 1.54) is 0 Å². The molecule has 1 fully saturated rings. The van der Waals surface area contributed by atoms with E-state index in [1.54, 1.807) is 0 Å². The second-order valence-electron chi connectivity index (χ2n) is 2.46. The third-order valence-electron chi connectivity index (χ3n) is 1.65. The van der Waals surface area contributed by atoms with E-state index in [4.69, 9.17) is 9.47 Å². The molecule has 0 saturated carbocycles. The van der Waals surface area contributed by atoms with E-state index in [9.17, 15) is 0 Å². The minimum absolute atomic E-state index is 0.0787. The van der Waals surface area contributed by atoms with Crippen LogP contribution in [0.5, 0.6) is 0 Å². The summed E-state index contributed by atoms with van der Waals surface area (Å²) < 4.78 is 10.6. The maximum atomic E-state index is 5.29. The molecule has 2 atom stereocenters. The average molecular weight is 130 g/mol. The summed E-state index contributed by atoms with van der Waals surface area (Å²) in [5, 5.41) is 0. The first-order chi connectivity index (χ1) is 4.34. The third-order valence-corrected chi connectivity index (χ3v) is 1.65. The Morgan fingerprint density at radius 2 is 2.44 bits per heavy atom. The van der Waals surface area contributed by atoms with Gasteiger partial charge >= 0.3 is 0 Å². The van der Waals surface area contributed by atoms with Gasteiger partial charge in [0, 0.05) is 12.5 Å². The van der Waals surface area contributed by atoms with Gasteiger partial charge in [-0.15, -0.1) is 0 Å². The standard InChI is InChI=1S/C7H14O2/c1-3-8-7-6(2)4-5-9-7/h6-7H,3-5H2,1-2H3/t6-,7+/m1/s1. The summed E-state index contributed by atoms with van der Waals surface area (Å²) in [6.07, 6.45) is 1.22. The van der Waals surface area contributed by atoms with Gasteiger partial charge in [-0.1, -0.05) is 6.92 Å². The van der Waals surface area contributed by atoms with Crippen LogP contribution in [0.15, 0.2) is 0 Å². The van der Waals surface area contributed by atoms with E-state index < -0.39 is 0 Å². The molecule has 0 bridgehead atoms. The average Bonchev–Trinajstić information content (AvgIpc) is 2.18. The predicted molar refractivity (Wildman–Crippen MR) is 35.1 cm³/mol. The van der Waals surface area contributed by atoms with E-state index in [0.29, 0.717) is 5.92 Å². The van der Waals surface area contributed by atoms with Crippen molar-refractivity contribution in [2.75, 3.05) is 13.2 Å². The summed E-state index contributed by atoms with van der Waals surface area (Å²) in [5.41, 5.74) is 0. The highest BCUT2D eigenvalue weighted by Gasteiger charge is 2.23. The second-order valence-corrected chi connectivity index (χ2v) is 2.46. The topological polar surface area (TPSA) is 18.5 Å². The summed E-state index contributed by atoms with van der Waals surface area (Å²) >= 11 is 0. The predicted octanol–water partition coefficient (Wildman–Crippen LogP) is 1.41. The van der Waals surface area contributed by atoms with Crippen molar-refractivity contribution in [3.8, 4) is 0 Å². The molecule has 1 aliphatic rings. The SMILES string of the molecule is CCO[C@H]1OCC[C@H]1C. The lowest BCUT2D eigenvalue weighted by atomic mass is 10.1. The van der Waals surface area contributed by atoms with Gasteiger partial charge < -0.3 is 9.47 Å². The smallest absolute Gasteiger partial charge is 0.160 e. The fourth-order valence-electron chi connectivity index (χ4n) is 1.05. The molecule has 0 aromatic carbocycles. The fourth-order valence-corrected chi connectivity index (χ4v) is 1.05. The lowest BCUT2D eigenvalue weighted by Gasteiger charge is -2.13. The zero-order valence-corrected chi connectivity index (χ0v) is 6.09. The second kappa shape index (κ2) is 3.18. The first-order valence-corrected chi connectivity index (χ1v) is 3.57. The van der Waals surface area contributed by atoms with Crippen molar-refractivity contribution in [1.29, 1.82) is 0 Å². The van der Waals surface area contributed by atoms with Crippen LogP contribution in [-0.4, -0.2) is 19.5 Å². The van der Waals surface area contributed by atoms with Crippen LogP contribution in [0.2, 0.25) is 0 Å². The molecule has 0 spiro atoms. The van der Waals surface area contributed by atoms with Gasteiger partial charge in [0.1, 0.15) is 0 Å². The summed E-state index contributed by atoms with van der Waals surface area (Å²) in [7, 11) is 0. The summed E-state index contributed by atoms with van der Waals surface area (Å²) in [5.74, 6) is 0.588. The minimum atomic E-state index is 0.0787. The van der Waals surface area contributed by atoms with Crippen molar-refractivity contribution in [2.24, 2.45) is 5.92 Å². The van der Waals surface area contributed by atoms with Crippen LogP contribution in [0, 0.1) is 5.92 Å². The molecule has 0 unspecified atom stereocenters. The van der Waals surface area contributed by atoms with Gasteiger partial charge in [0.25, 0.3) is 0 Å². The third kappa shape index (κ3) is 1.66. The molecule has 2 nitrogen and oxygen atoms in total. The summed E-state index contributed by atoms with van der Waals surface area (Å²) in [6.45, 7) is 5.78. The zero-order valence-electron chi connectivity index (χ0n) is 6.09. The fraction of sp³-hybridized carbons (Fsp3) is 1.00. The molecular formula is C7H14O2. The Morgan fingerprint density at radius 3 is 2.89 bits per heavy atom. The highest BCUT2D eigenvalue weighted by molar-refractivity contribution is 4.63. The van der Waals surface area contributed by atoms with Crippen molar-refractivity contribution in [3.05, 3.63) is 0 Å². The number of rotatable bonds is 2. The first-order valence-electron chi connectivity index (χ1n) is 3.57. The Bertz CT molecular complexity index is 83.0. The lowest BCUT2D eigenvalue weighted by molar-refractivity contribution is -0.124. The normalized spacial score (nSPS) is 35.3. The molecule has 9 heavy (non-hydrogen) atoms. The van der Waals surface area contributed by atoms with Gasteiger partial charge in [-0.25, -0.2) is 0 Å².